The van der Waals surface area contributed by atoms with Crippen LogP contribution in [0.25, 0.3) is 0 Å². The summed E-state index contributed by atoms with van der Waals surface area (Å²) in [6.45, 7) is 0.865. The molecule has 3 nitrogen and oxygen atoms in total. The molecule has 2 atom stereocenters. The Morgan fingerprint density at radius 3 is 1.56 bits per heavy atom. The number of carbonyl (C=O) groups excluding carboxylic acids is 2. The summed E-state index contributed by atoms with van der Waals surface area (Å²) >= 11 is 0. The van der Waals surface area contributed by atoms with Crippen LogP contribution in [0.1, 0.15) is 58.4 Å². The number of likely N-dealkylation sites (tertiary alicyclic amines) is 1. The number of nitrogens with zero attached hydrogens (tertiary/aromatic N) is 1. The highest BCUT2D eigenvalue weighted by molar-refractivity contribution is 5.97. The molecule has 3 aromatic rings. The first-order valence-electron chi connectivity index (χ1n) is 11.7. The van der Waals surface area contributed by atoms with Gasteiger partial charge >= 0.3 is 0 Å². The normalized spacial score (nSPS) is 18.9. The van der Waals surface area contributed by atoms with Crippen LogP contribution < -0.4 is 0 Å². The lowest BCUT2D eigenvalue weighted by Gasteiger charge is -2.42. The maximum absolute atomic E-state index is 13.0. The van der Waals surface area contributed by atoms with E-state index in [1.165, 1.54) is 5.56 Å². The number of piperidine rings is 1. The second-order valence-corrected chi connectivity index (χ2v) is 8.70. The minimum absolute atomic E-state index is 0.175. The summed E-state index contributed by atoms with van der Waals surface area (Å²) in [6, 6.07) is 30.0. The third-order valence-corrected chi connectivity index (χ3v) is 6.55. The summed E-state index contributed by atoms with van der Waals surface area (Å²) in [5.41, 5.74) is 2.84. The van der Waals surface area contributed by atoms with Gasteiger partial charge in [0.2, 0.25) is 0 Å². The molecule has 4 rings (SSSR count). The van der Waals surface area contributed by atoms with E-state index >= 15 is 0 Å². The molecule has 1 heterocycles. The Bertz CT molecular complexity index is 940. The smallest absolute Gasteiger partial charge is 0.164 e. The van der Waals surface area contributed by atoms with E-state index in [2.05, 4.69) is 29.2 Å². The number of hydrogen-bond donors (Lipinski definition) is 0. The van der Waals surface area contributed by atoms with E-state index in [4.69, 9.17) is 0 Å². The van der Waals surface area contributed by atoms with Gasteiger partial charge in [-0.25, -0.2) is 0 Å². The van der Waals surface area contributed by atoms with Crippen LogP contribution >= 0.6 is 0 Å². The number of ketones is 2. The van der Waals surface area contributed by atoms with Crippen LogP contribution in [-0.4, -0.2) is 35.1 Å². The van der Waals surface area contributed by atoms with Crippen molar-refractivity contribution in [2.45, 2.75) is 50.6 Å². The van der Waals surface area contributed by atoms with E-state index in [9.17, 15) is 9.59 Å². The fraction of sp³-hybridized carbons (Fsp3) is 0.310. The monoisotopic (exact) mass is 425 g/mol. The van der Waals surface area contributed by atoms with Crippen LogP contribution in [-0.2, 0) is 6.42 Å². The second kappa shape index (κ2) is 11.0. The van der Waals surface area contributed by atoms with Gasteiger partial charge < -0.3 is 0 Å². The van der Waals surface area contributed by atoms with Crippen molar-refractivity contribution in [2.24, 2.45) is 0 Å². The Morgan fingerprint density at radius 1 is 0.656 bits per heavy atom. The molecular formula is C29H31NO2. The molecule has 32 heavy (non-hydrogen) atoms. The van der Waals surface area contributed by atoms with E-state index < -0.39 is 0 Å². The average Bonchev–Trinajstić information content (AvgIpc) is 2.85. The third-order valence-electron chi connectivity index (χ3n) is 6.55. The topological polar surface area (TPSA) is 37.4 Å². The van der Waals surface area contributed by atoms with Crippen molar-refractivity contribution in [3.63, 3.8) is 0 Å². The molecule has 0 unspecified atom stereocenters. The van der Waals surface area contributed by atoms with Gasteiger partial charge in [-0.1, -0.05) is 97.4 Å². The first-order chi connectivity index (χ1) is 15.7. The van der Waals surface area contributed by atoms with Crippen LogP contribution in [0.5, 0.6) is 0 Å². The molecule has 3 heteroatoms. The average molecular weight is 426 g/mol. The summed E-state index contributed by atoms with van der Waals surface area (Å²) in [7, 11) is 0. The Labute approximate surface area is 191 Å². The Morgan fingerprint density at radius 2 is 1.09 bits per heavy atom. The molecule has 0 aliphatic carbocycles. The Balaban J connectivity index is 1.50. The molecule has 0 radical (unpaired) electrons. The minimum Gasteiger partial charge on any atom is -0.296 e. The summed E-state index contributed by atoms with van der Waals surface area (Å²) < 4.78 is 0. The molecule has 1 aliphatic rings. The van der Waals surface area contributed by atoms with Gasteiger partial charge in [0.05, 0.1) is 0 Å². The third kappa shape index (κ3) is 5.80. The molecule has 3 aromatic carbocycles. The van der Waals surface area contributed by atoms with Crippen molar-refractivity contribution in [3.8, 4) is 0 Å². The molecular weight excluding hydrogens is 394 g/mol. The maximum atomic E-state index is 13.0. The van der Waals surface area contributed by atoms with Crippen molar-refractivity contribution in [2.75, 3.05) is 6.54 Å². The van der Waals surface area contributed by atoms with Gasteiger partial charge in [0, 0.05) is 42.6 Å². The lowest BCUT2D eigenvalue weighted by Crippen LogP contribution is -2.49. The van der Waals surface area contributed by atoms with Crippen LogP contribution in [0.15, 0.2) is 91.0 Å². The van der Waals surface area contributed by atoms with Crippen LogP contribution in [0.2, 0.25) is 0 Å². The van der Waals surface area contributed by atoms with Crippen molar-refractivity contribution >= 4 is 11.6 Å². The molecule has 164 valence electrons. The van der Waals surface area contributed by atoms with Gasteiger partial charge in [0.1, 0.15) is 0 Å². The van der Waals surface area contributed by atoms with E-state index in [-0.39, 0.29) is 23.7 Å². The molecule has 0 bridgehead atoms. The highest BCUT2D eigenvalue weighted by Crippen LogP contribution is 2.29. The molecule has 1 aliphatic heterocycles. The van der Waals surface area contributed by atoms with Gasteiger partial charge in [0.25, 0.3) is 0 Å². The van der Waals surface area contributed by atoms with Crippen molar-refractivity contribution in [1.29, 1.82) is 0 Å². The van der Waals surface area contributed by atoms with Crippen LogP contribution in [0.3, 0.4) is 0 Å². The first-order valence-corrected chi connectivity index (χ1v) is 11.7. The van der Waals surface area contributed by atoms with E-state index in [1.54, 1.807) is 0 Å². The number of Topliss-reactive ketones (excluding diaryl/α,β-unsaturated/α-hetero) is 2. The summed E-state index contributed by atoms with van der Waals surface area (Å²) in [4.78, 5) is 28.4. The predicted octanol–water partition coefficient (Wildman–Crippen LogP) is 6.00. The lowest BCUT2D eigenvalue weighted by atomic mass is 9.87. The molecule has 0 aromatic heterocycles. The zero-order valence-corrected chi connectivity index (χ0v) is 18.5. The van der Waals surface area contributed by atoms with Gasteiger partial charge in [-0.15, -0.1) is 0 Å². The van der Waals surface area contributed by atoms with E-state index in [0.717, 1.165) is 43.4 Å². The lowest BCUT2D eigenvalue weighted by molar-refractivity contribution is 0.0596. The summed E-state index contributed by atoms with van der Waals surface area (Å²) in [5.74, 6) is 0.380. The van der Waals surface area contributed by atoms with Crippen molar-refractivity contribution in [1.82, 2.24) is 4.90 Å². The van der Waals surface area contributed by atoms with Crippen molar-refractivity contribution < 1.29 is 9.59 Å². The standard InChI is InChI=1S/C29H31NO2/c31-28(24-13-6-2-7-14-24)21-26-17-10-18-27(22-29(32)25-15-8-3-9-16-25)30(26)20-19-23-11-4-1-5-12-23/h1-9,11-16,26-27H,10,17-22H2/t26-,27-/m0/s1. The molecule has 0 spiro atoms. The van der Waals surface area contributed by atoms with Crippen LogP contribution in [0, 0.1) is 0 Å². The Hall–Kier alpha value is -3.04. The zero-order chi connectivity index (χ0) is 22.2. The fourth-order valence-corrected chi connectivity index (χ4v) is 4.84. The summed E-state index contributed by atoms with van der Waals surface area (Å²) in [6.07, 6.45) is 5.00. The zero-order valence-electron chi connectivity index (χ0n) is 18.5. The van der Waals surface area contributed by atoms with E-state index in [1.807, 2.05) is 66.7 Å². The van der Waals surface area contributed by atoms with Gasteiger partial charge in [-0.3, -0.25) is 14.5 Å². The first kappa shape index (κ1) is 22.2. The van der Waals surface area contributed by atoms with Crippen LogP contribution in [0.4, 0.5) is 0 Å². The van der Waals surface area contributed by atoms with E-state index in [0.29, 0.717) is 12.8 Å². The maximum Gasteiger partial charge on any atom is 0.164 e. The highest BCUT2D eigenvalue weighted by atomic mass is 16.1. The molecule has 0 saturated carbocycles. The highest BCUT2D eigenvalue weighted by Gasteiger charge is 2.33. The fourth-order valence-electron chi connectivity index (χ4n) is 4.84. The SMILES string of the molecule is O=C(C[C@@H]1CCC[C@@H](CC(=O)c2ccccc2)N1CCc1ccccc1)c1ccccc1. The van der Waals surface area contributed by atoms with Gasteiger partial charge in [-0.2, -0.15) is 0 Å². The molecule has 0 N–H and O–H groups in total. The van der Waals surface area contributed by atoms with Gasteiger partial charge in [0.15, 0.2) is 11.6 Å². The number of benzene rings is 3. The molecule has 0 amide bonds. The molecule has 1 saturated heterocycles. The predicted molar refractivity (Wildman–Crippen MR) is 129 cm³/mol. The van der Waals surface area contributed by atoms with Crippen molar-refractivity contribution in [3.05, 3.63) is 108 Å². The second-order valence-electron chi connectivity index (χ2n) is 8.70. The number of hydrogen-bond acceptors (Lipinski definition) is 3. The largest absolute Gasteiger partial charge is 0.296 e. The summed E-state index contributed by atoms with van der Waals surface area (Å²) in [5, 5.41) is 0. The number of carbonyl (C=O) groups is 2. The Kier molecular flexibility index (Phi) is 7.63. The quantitative estimate of drug-likeness (QED) is 0.395. The minimum atomic E-state index is 0.175. The van der Waals surface area contributed by atoms with Gasteiger partial charge in [-0.05, 0) is 24.8 Å². The molecule has 1 fully saturated rings. The number of rotatable bonds is 9.